The molecule has 4 aromatic carbocycles. The zero-order valence-corrected chi connectivity index (χ0v) is 15.6. The van der Waals surface area contributed by atoms with E-state index >= 15 is 0 Å². The Hall–Kier alpha value is -3.32. The molecule has 0 aliphatic heterocycles. The summed E-state index contributed by atoms with van der Waals surface area (Å²) in [6, 6.07) is 33.6. The SMILES string of the molecule is Cc1cc(Oc2cc(C)cc(-c3ccccc3)c2)cc(-c2ccccc2)c1. The van der Waals surface area contributed by atoms with Crippen LogP contribution in [0.4, 0.5) is 0 Å². The van der Waals surface area contributed by atoms with E-state index in [2.05, 4.69) is 98.8 Å². The maximum absolute atomic E-state index is 6.26. The highest BCUT2D eigenvalue weighted by molar-refractivity contribution is 5.68. The summed E-state index contributed by atoms with van der Waals surface area (Å²) in [5.74, 6) is 1.72. The zero-order chi connectivity index (χ0) is 18.6. The van der Waals surface area contributed by atoms with Gasteiger partial charge in [0.15, 0.2) is 0 Å². The molecule has 0 amide bonds. The van der Waals surface area contributed by atoms with E-state index in [1.54, 1.807) is 0 Å². The van der Waals surface area contributed by atoms with Gasteiger partial charge >= 0.3 is 0 Å². The van der Waals surface area contributed by atoms with Gasteiger partial charge in [-0.15, -0.1) is 0 Å². The van der Waals surface area contributed by atoms with E-state index in [0.29, 0.717) is 0 Å². The van der Waals surface area contributed by atoms with Crippen LogP contribution >= 0.6 is 0 Å². The molecule has 132 valence electrons. The van der Waals surface area contributed by atoms with Crippen molar-refractivity contribution >= 4 is 0 Å². The molecule has 27 heavy (non-hydrogen) atoms. The molecule has 0 saturated heterocycles. The smallest absolute Gasteiger partial charge is 0.128 e. The number of benzene rings is 4. The summed E-state index contributed by atoms with van der Waals surface area (Å²) in [7, 11) is 0. The maximum atomic E-state index is 6.26. The van der Waals surface area contributed by atoms with Crippen molar-refractivity contribution in [3.05, 3.63) is 108 Å². The fourth-order valence-corrected chi connectivity index (χ4v) is 3.34. The highest BCUT2D eigenvalue weighted by atomic mass is 16.5. The van der Waals surface area contributed by atoms with Crippen LogP contribution in [0.15, 0.2) is 97.1 Å². The van der Waals surface area contributed by atoms with E-state index in [4.69, 9.17) is 4.74 Å². The van der Waals surface area contributed by atoms with Gasteiger partial charge in [-0.05, 0) is 71.5 Å². The minimum absolute atomic E-state index is 0.860. The molecule has 0 saturated carbocycles. The van der Waals surface area contributed by atoms with E-state index in [1.165, 1.54) is 33.4 Å². The Morgan fingerprint density at radius 1 is 0.444 bits per heavy atom. The summed E-state index contributed by atoms with van der Waals surface area (Å²) in [5, 5.41) is 0. The minimum atomic E-state index is 0.860. The van der Waals surface area contributed by atoms with Crippen LogP contribution in [0.5, 0.6) is 11.5 Å². The molecule has 0 aliphatic carbocycles. The molecule has 0 radical (unpaired) electrons. The molecule has 1 nitrogen and oxygen atoms in total. The van der Waals surface area contributed by atoms with Crippen LogP contribution in [-0.2, 0) is 0 Å². The molecule has 0 spiro atoms. The fourth-order valence-electron chi connectivity index (χ4n) is 3.34. The Kier molecular flexibility index (Phi) is 4.76. The summed E-state index contributed by atoms with van der Waals surface area (Å²) in [4.78, 5) is 0. The summed E-state index contributed by atoms with van der Waals surface area (Å²) < 4.78 is 6.26. The lowest BCUT2D eigenvalue weighted by atomic mass is 10.0. The van der Waals surface area contributed by atoms with Crippen molar-refractivity contribution in [2.45, 2.75) is 13.8 Å². The van der Waals surface area contributed by atoms with Gasteiger partial charge in [0.1, 0.15) is 11.5 Å². The molecular formula is C26H22O. The Morgan fingerprint density at radius 3 is 1.26 bits per heavy atom. The second-order valence-electron chi connectivity index (χ2n) is 6.90. The van der Waals surface area contributed by atoms with Crippen molar-refractivity contribution in [1.82, 2.24) is 0 Å². The molecule has 4 rings (SSSR count). The number of rotatable bonds is 4. The Morgan fingerprint density at radius 2 is 0.852 bits per heavy atom. The fraction of sp³-hybridized carbons (Fsp3) is 0.0769. The van der Waals surface area contributed by atoms with Gasteiger partial charge in [0, 0.05) is 0 Å². The van der Waals surface area contributed by atoms with E-state index in [-0.39, 0.29) is 0 Å². The van der Waals surface area contributed by atoms with Crippen LogP contribution in [0, 0.1) is 13.8 Å². The van der Waals surface area contributed by atoms with Crippen LogP contribution in [-0.4, -0.2) is 0 Å². The van der Waals surface area contributed by atoms with Crippen LogP contribution in [0.2, 0.25) is 0 Å². The van der Waals surface area contributed by atoms with Crippen molar-refractivity contribution < 1.29 is 4.74 Å². The summed E-state index contributed by atoms with van der Waals surface area (Å²) in [6.45, 7) is 4.20. The van der Waals surface area contributed by atoms with Crippen molar-refractivity contribution in [2.75, 3.05) is 0 Å². The first-order chi connectivity index (χ1) is 13.2. The highest BCUT2D eigenvalue weighted by Gasteiger charge is 2.06. The van der Waals surface area contributed by atoms with Crippen molar-refractivity contribution in [1.29, 1.82) is 0 Å². The summed E-state index contributed by atoms with van der Waals surface area (Å²) in [5.41, 5.74) is 7.09. The molecule has 0 heterocycles. The Balaban J connectivity index is 1.69. The lowest BCUT2D eigenvalue weighted by Gasteiger charge is -2.12. The first-order valence-corrected chi connectivity index (χ1v) is 9.19. The number of aryl methyl sites for hydroxylation is 2. The van der Waals surface area contributed by atoms with Gasteiger partial charge in [-0.3, -0.25) is 0 Å². The topological polar surface area (TPSA) is 9.23 Å². The first-order valence-electron chi connectivity index (χ1n) is 9.19. The first kappa shape index (κ1) is 17.1. The molecule has 0 fully saturated rings. The standard InChI is InChI=1S/C26H22O/c1-19-13-23(21-9-5-3-6-10-21)17-25(15-19)27-26-16-20(2)14-24(18-26)22-11-7-4-8-12-22/h3-18H,1-2H3. The van der Waals surface area contributed by atoms with Gasteiger partial charge in [-0.25, -0.2) is 0 Å². The van der Waals surface area contributed by atoms with Crippen LogP contribution in [0.3, 0.4) is 0 Å². The maximum Gasteiger partial charge on any atom is 0.128 e. The molecule has 0 aliphatic rings. The normalized spacial score (nSPS) is 10.6. The number of ether oxygens (including phenoxy) is 1. The summed E-state index contributed by atoms with van der Waals surface area (Å²) >= 11 is 0. The molecule has 0 unspecified atom stereocenters. The third-order valence-electron chi connectivity index (χ3n) is 4.55. The van der Waals surface area contributed by atoms with Crippen molar-refractivity contribution in [2.24, 2.45) is 0 Å². The lowest BCUT2D eigenvalue weighted by molar-refractivity contribution is 0.482. The predicted molar refractivity (Wildman–Crippen MR) is 113 cm³/mol. The summed E-state index contributed by atoms with van der Waals surface area (Å²) in [6.07, 6.45) is 0. The second-order valence-corrected chi connectivity index (χ2v) is 6.90. The molecule has 4 aromatic rings. The van der Waals surface area contributed by atoms with Gasteiger partial charge in [0.2, 0.25) is 0 Å². The van der Waals surface area contributed by atoms with Gasteiger partial charge in [0.05, 0.1) is 0 Å². The lowest BCUT2D eigenvalue weighted by Crippen LogP contribution is -1.89. The molecule has 0 atom stereocenters. The molecule has 0 aromatic heterocycles. The van der Waals surface area contributed by atoms with Gasteiger partial charge in [-0.1, -0.05) is 72.8 Å². The second kappa shape index (κ2) is 7.51. The molecule has 1 heteroatoms. The number of hydrogen-bond acceptors (Lipinski definition) is 1. The zero-order valence-electron chi connectivity index (χ0n) is 15.6. The average molecular weight is 350 g/mol. The monoisotopic (exact) mass is 350 g/mol. The predicted octanol–water partition coefficient (Wildman–Crippen LogP) is 7.43. The van der Waals surface area contributed by atoms with Gasteiger partial charge in [-0.2, -0.15) is 0 Å². The van der Waals surface area contributed by atoms with E-state index in [1.807, 2.05) is 12.1 Å². The largest absolute Gasteiger partial charge is 0.457 e. The molecular weight excluding hydrogens is 328 g/mol. The van der Waals surface area contributed by atoms with Gasteiger partial charge < -0.3 is 4.74 Å². The third-order valence-corrected chi connectivity index (χ3v) is 4.55. The number of hydrogen-bond donors (Lipinski definition) is 0. The van der Waals surface area contributed by atoms with Crippen molar-refractivity contribution in [3.8, 4) is 33.8 Å². The quantitative estimate of drug-likeness (QED) is 0.372. The van der Waals surface area contributed by atoms with Crippen LogP contribution < -0.4 is 4.74 Å². The van der Waals surface area contributed by atoms with Gasteiger partial charge in [0.25, 0.3) is 0 Å². The molecule has 0 bridgehead atoms. The Bertz CT molecular complexity index is 963. The minimum Gasteiger partial charge on any atom is -0.457 e. The van der Waals surface area contributed by atoms with E-state index in [9.17, 15) is 0 Å². The Labute approximate surface area is 160 Å². The third kappa shape index (κ3) is 4.09. The van der Waals surface area contributed by atoms with Crippen LogP contribution in [0.1, 0.15) is 11.1 Å². The van der Waals surface area contributed by atoms with E-state index in [0.717, 1.165) is 11.5 Å². The average Bonchev–Trinajstić information content (AvgIpc) is 2.68. The highest BCUT2D eigenvalue weighted by Crippen LogP contribution is 2.32. The van der Waals surface area contributed by atoms with E-state index < -0.39 is 0 Å². The van der Waals surface area contributed by atoms with Crippen molar-refractivity contribution in [3.63, 3.8) is 0 Å². The molecule has 0 N–H and O–H groups in total. The van der Waals surface area contributed by atoms with Crippen LogP contribution in [0.25, 0.3) is 22.3 Å².